The number of methoxy groups -OCH3 is 1. The molecular weight excluding hydrogens is 180 g/mol. The molecule has 1 aromatic rings. The number of aromatic nitrogens is 1. The van der Waals surface area contributed by atoms with Crippen LogP contribution in [0.3, 0.4) is 0 Å². The van der Waals surface area contributed by atoms with Gasteiger partial charge in [0.1, 0.15) is 0 Å². The standard InChI is InChI=1S/C8H9F2NO2/c1-4-5(7(9)10)3-6(13-2)11-8(4)12/h3,7H,1-2H3,(H,11,12). The molecule has 1 N–H and O–H groups in total. The van der Waals surface area contributed by atoms with E-state index in [0.717, 1.165) is 6.07 Å². The average Bonchev–Trinajstić information content (AvgIpc) is 2.09. The van der Waals surface area contributed by atoms with Gasteiger partial charge in [0.05, 0.1) is 7.11 Å². The highest BCUT2D eigenvalue weighted by Crippen LogP contribution is 2.22. The van der Waals surface area contributed by atoms with Crippen LogP contribution < -0.4 is 10.3 Å². The molecule has 0 aliphatic heterocycles. The monoisotopic (exact) mass is 189 g/mol. The Balaban J connectivity index is 3.33. The van der Waals surface area contributed by atoms with Crippen LogP contribution in [0.5, 0.6) is 5.88 Å². The van der Waals surface area contributed by atoms with E-state index in [-0.39, 0.29) is 17.0 Å². The normalized spacial score (nSPS) is 10.5. The molecule has 0 bridgehead atoms. The molecule has 0 aliphatic carbocycles. The topological polar surface area (TPSA) is 42.1 Å². The molecule has 1 heterocycles. The predicted molar refractivity (Wildman–Crippen MR) is 43.3 cm³/mol. The number of rotatable bonds is 2. The van der Waals surface area contributed by atoms with Crippen molar-refractivity contribution in [1.82, 2.24) is 4.98 Å². The van der Waals surface area contributed by atoms with Crippen molar-refractivity contribution in [3.05, 3.63) is 27.5 Å². The van der Waals surface area contributed by atoms with E-state index in [9.17, 15) is 13.6 Å². The van der Waals surface area contributed by atoms with Gasteiger partial charge in [0.25, 0.3) is 12.0 Å². The molecule has 0 spiro atoms. The van der Waals surface area contributed by atoms with Crippen molar-refractivity contribution in [3.8, 4) is 5.88 Å². The second-order valence-corrected chi connectivity index (χ2v) is 2.55. The lowest BCUT2D eigenvalue weighted by atomic mass is 10.1. The van der Waals surface area contributed by atoms with Crippen molar-refractivity contribution < 1.29 is 13.5 Å². The first kappa shape index (κ1) is 9.70. The molecule has 1 aromatic heterocycles. The summed E-state index contributed by atoms with van der Waals surface area (Å²) >= 11 is 0. The number of hydrogen-bond donors (Lipinski definition) is 1. The number of halogens is 2. The third-order valence-corrected chi connectivity index (χ3v) is 1.75. The van der Waals surface area contributed by atoms with E-state index in [1.807, 2.05) is 0 Å². The van der Waals surface area contributed by atoms with Crippen LogP contribution in [0.15, 0.2) is 10.9 Å². The van der Waals surface area contributed by atoms with E-state index < -0.39 is 12.0 Å². The molecule has 0 saturated heterocycles. The van der Waals surface area contributed by atoms with E-state index in [1.54, 1.807) is 0 Å². The average molecular weight is 189 g/mol. The van der Waals surface area contributed by atoms with Crippen molar-refractivity contribution in [2.75, 3.05) is 7.11 Å². The maximum atomic E-state index is 12.3. The summed E-state index contributed by atoms with van der Waals surface area (Å²) in [6, 6.07) is 1.13. The molecule has 0 atom stereocenters. The molecule has 5 heteroatoms. The van der Waals surface area contributed by atoms with E-state index in [2.05, 4.69) is 9.72 Å². The largest absolute Gasteiger partial charge is 0.482 e. The number of nitrogens with one attached hydrogen (secondary N) is 1. The Morgan fingerprint density at radius 1 is 1.54 bits per heavy atom. The molecule has 1 rings (SSSR count). The number of hydrogen-bond acceptors (Lipinski definition) is 2. The first-order valence-corrected chi connectivity index (χ1v) is 3.62. The summed E-state index contributed by atoms with van der Waals surface area (Å²) in [5.41, 5.74) is -0.814. The van der Waals surface area contributed by atoms with Gasteiger partial charge < -0.3 is 4.74 Å². The SMILES string of the molecule is COc1cc(C(F)F)c(C)c(=O)[nH]1. The first-order chi connectivity index (χ1) is 6.06. The van der Waals surface area contributed by atoms with Gasteiger partial charge in [-0.2, -0.15) is 0 Å². The fourth-order valence-corrected chi connectivity index (χ4v) is 0.959. The summed E-state index contributed by atoms with van der Waals surface area (Å²) in [6.45, 7) is 1.35. The summed E-state index contributed by atoms with van der Waals surface area (Å²) in [5.74, 6) is 0.0471. The van der Waals surface area contributed by atoms with Crippen molar-refractivity contribution in [3.63, 3.8) is 0 Å². The van der Waals surface area contributed by atoms with Crippen LogP contribution in [-0.4, -0.2) is 12.1 Å². The van der Waals surface area contributed by atoms with Gasteiger partial charge in [0, 0.05) is 17.2 Å². The van der Waals surface area contributed by atoms with Crippen LogP contribution in [0.2, 0.25) is 0 Å². The Morgan fingerprint density at radius 2 is 2.15 bits per heavy atom. The Hall–Kier alpha value is -1.39. The smallest absolute Gasteiger partial charge is 0.264 e. The van der Waals surface area contributed by atoms with Crippen LogP contribution >= 0.6 is 0 Å². The van der Waals surface area contributed by atoms with Gasteiger partial charge in [-0.1, -0.05) is 0 Å². The lowest BCUT2D eigenvalue weighted by Crippen LogP contribution is -2.13. The molecule has 13 heavy (non-hydrogen) atoms. The predicted octanol–water partition coefficient (Wildman–Crippen LogP) is 1.63. The van der Waals surface area contributed by atoms with Gasteiger partial charge in [0.15, 0.2) is 5.88 Å². The Labute approximate surface area is 73.4 Å². The lowest BCUT2D eigenvalue weighted by molar-refractivity contribution is 0.150. The molecule has 0 aromatic carbocycles. The number of aromatic amines is 1. The van der Waals surface area contributed by atoms with Crippen LogP contribution in [0.25, 0.3) is 0 Å². The van der Waals surface area contributed by atoms with Crippen LogP contribution in [0.1, 0.15) is 17.6 Å². The number of pyridine rings is 1. The van der Waals surface area contributed by atoms with Gasteiger partial charge in [-0.25, -0.2) is 8.78 Å². The van der Waals surface area contributed by atoms with Gasteiger partial charge in [-0.15, -0.1) is 0 Å². The minimum Gasteiger partial charge on any atom is -0.482 e. The fraction of sp³-hybridized carbons (Fsp3) is 0.375. The molecule has 0 radical (unpaired) electrons. The Kier molecular flexibility index (Phi) is 2.65. The van der Waals surface area contributed by atoms with Crippen molar-refractivity contribution in [2.45, 2.75) is 13.3 Å². The maximum Gasteiger partial charge on any atom is 0.264 e. The molecule has 3 nitrogen and oxygen atoms in total. The third kappa shape index (κ3) is 1.85. The van der Waals surface area contributed by atoms with E-state index in [0.29, 0.717) is 0 Å². The number of ether oxygens (including phenoxy) is 1. The molecule has 0 saturated carbocycles. The van der Waals surface area contributed by atoms with E-state index in [4.69, 9.17) is 0 Å². The van der Waals surface area contributed by atoms with E-state index >= 15 is 0 Å². The Morgan fingerprint density at radius 3 is 2.62 bits per heavy atom. The third-order valence-electron chi connectivity index (χ3n) is 1.75. The number of alkyl halides is 2. The highest BCUT2D eigenvalue weighted by atomic mass is 19.3. The maximum absolute atomic E-state index is 12.3. The highest BCUT2D eigenvalue weighted by molar-refractivity contribution is 5.29. The first-order valence-electron chi connectivity index (χ1n) is 3.62. The molecule has 0 amide bonds. The lowest BCUT2D eigenvalue weighted by Gasteiger charge is -2.05. The molecule has 0 aliphatic rings. The van der Waals surface area contributed by atoms with Gasteiger partial charge in [-0.05, 0) is 6.92 Å². The summed E-state index contributed by atoms with van der Waals surface area (Å²) < 4.78 is 29.3. The zero-order chi connectivity index (χ0) is 10.0. The summed E-state index contributed by atoms with van der Waals surface area (Å²) in [5, 5.41) is 0. The molecular formula is C8H9F2NO2. The van der Waals surface area contributed by atoms with Gasteiger partial charge >= 0.3 is 0 Å². The minimum absolute atomic E-state index is 0.0239. The summed E-state index contributed by atoms with van der Waals surface area (Å²) in [7, 11) is 1.30. The van der Waals surface area contributed by atoms with Gasteiger partial charge in [-0.3, -0.25) is 9.78 Å². The van der Waals surface area contributed by atoms with Gasteiger partial charge in [0.2, 0.25) is 0 Å². The summed E-state index contributed by atoms with van der Waals surface area (Å²) in [6.07, 6.45) is -2.66. The zero-order valence-electron chi connectivity index (χ0n) is 7.23. The fourth-order valence-electron chi connectivity index (χ4n) is 0.959. The minimum atomic E-state index is -2.66. The quantitative estimate of drug-likeness (QED) is 0.768. The Bertz CT molecular complexity index is 360. The van der Waals surface area contributed by atoms with Crippen LogP contribution in [0.4, 0.5) is 8.78 Å². The number of H-pyrrole nitrogens is 1. The summed E-state index contributed by atoms with van der Waals surface area (Å²) in [4.78, 5) is 13.4. The van der Waals surface area contributed by atoms with Crippen LogP contribution in [-0.2, 0) is 0 Å². The molecule has 72 valence electrons. The second-order valence-electron chi connectivity index (χ2n) is 2.55. The highest BCUT2D eigenvalue weighted by Gasteiger charge is 2.14. The second kappa shape index (κ2) is 3.55. The van der Waals surface area contributed by atoms with Crippen molar-refractivity contribution in [2.24, 2.45) is 0 Å². The van der Waals surface area contributed by atoms with Crippen molar-refractivity contribution in [1.29, 1.82) is 0 Å². The van der Waals surface area contributed by atoms with Crippen molar-refractivity contribution >= 4 is 0 Å². The molecule has 0 unspecified atom stereocenters. The van der Waals surface area contributed by atoms with E-state index in [1.165, 1.54) is 14.0 Å². The zero-order valence-corrected chi connectivity index (χ0v) is 7.23. The molecule has 0 fully saturated rings. The van der Waals surface area contributed by atoms with Crippen LogP contribution in [0, 0.1) is 6.92 Å².